The first kappa shape index (κ1) is 13.3. The molecule has 1 N–H and O–H groups in total. The van der Waals surface area contributed by atoms with Gasteiger partial charge in [0, 0.05) is 27.8 Å². The second-order valence-electron chi connectivity index (χ2n) is 3.56. The van der Waals surface area contributed by atoms with Gasteiger partial charge >= 0.3 is 5.97 Å². The van der Waals surface area contributed by atoms with Crippen LogP contribution in [0.4, 0.5) is 0 Å². The second kappa shape index (κ2) is 6.11. The molecule has 1 rings (SSSR count). The monoisotopic (exact) mass is 252 g/mol. The Morgan fingerprint density at radius 2 is 2.41 bits per heavy atom. The van der Waals surface area contributed by atoms with Gasteiger partial charge in [0.25, 0.3) is 0 Å². The Kier molecular flexibility index (Phi) is 4.79. The molecule has 0 saturated carbocycles. The van der Waals surface area contributed by atoms with Crippen LogP contribution in [0, 0.1) is 11.3 Å². The number of hydrogen-bond acceptors (Lipinski definition) is 4. The molecule has 0 spiro atoms. The molecule has 0 aliphatic heterocycles. The minimum absolute atomic E-state index is 0.144. The Morgan fingerprint density at radius 1 is 1.71 bits per heavy atom. The molecule has 0 aliphatic carbocycles. The number of rotatable bonds is 5. The van der Waals surface area contributed by atoms with Gasteiger partial charge < -0.3 is 5.11 Å². The Labute approximate surface area is 102 Å². The summed E-state index contributed by atoms with van der Waals surface area (Å²) in [6.45, 7) is 1.62. The van der Waals surface area contributed by atoms with E-state index >= 15 is 0 Å². The van der Waals surface area contributed by atoms with E-state index in [0.717, 1.165) is 0 Å². The number of hydrogen-bond donors (Lipinski definition) is 1. The molecule has 0 fully saturated rings. The molecule has 5 nitrogen and oxygen atoms in total. The highest BCUT2D eigenvalue weighted by Crippen LogP contribution is 2.12. The fourth-order valence-electron chi connectivity index (χ4n) is 1.29. The predicted molar refractivity (Wildman–Crippen MR) is 62.5 cm³/mol. The van der Waals surface area contributed by atoms with Crippen LogP contribution in [0.25, 0.3) is 0 Å². The molecule has 17 heavy (non-hydrogen) atoms. The fourth-order valence-corrected chi connectivity index (χ4v) is 2.44. The van der Waals surface area contributed by atoms with Crippen LogP contribution in [0.5, 0.6) is 0 Å². The van der Waals surface area contributed by atoms with E-state index in [1.807, 2.05) is 6.07 Å². The molecule has 0 aliphatic rings. The third-order valence-electron chi connectivity index (χ3n) is 2.21. The van der Waals surface area contributed by atoms with Gasteiger partial charge in [-0.2, -0.15) is 5.26 Å². The standard InChI is InChI=1S/C11H12N2O3S/c1-8(5-11(14)15)17(16)7-9-3-2-4-13-10(9)6-12/h2-4,8H,5,7H2,1H3,(H,14,15). The summed E-state index contributed by atoms with van der Waals surface area (Å²) < 4.78 is 11.8. The highest BCUT2D eigenvalue weighted by atomic mass is 32.2. The molecule has 6 heteroatoms. The minimum Gasteiger partial charge on any atom is -0.481 e. The van der Waals surface area contributed by atoms with E-state index < -0.39 is 22.0 Å². The first-order chi connectivity index (χ1) is 8.04. The van der Waals surface area contributed by atoms with Crippen molar-refractivity contribution in [1.82, 2.24) is 4.98 Å². The number of nitriles is 1. The molecule has 1 aromatic heterocycles. The zero-order valence-corrected chi connectivity index (χ0v) is 10.1. The highest BCUT2D eigenvalue weighted by molar-refractivity contribution is 7.84. The summed E-state index contributed by atoms with van der Waals surface area (Å²) in [5, 5.41) is 17.0. The number of carboxylic acid groups (broad SMARTS) is 1. The van der Waals surface area contributed by atoms with Gasteiger partial charge in [0.15, 0.2) is 0 Å². The van der Waals surface area contributed by atoms with Crippen molar-refractivity contribution in [1.29, 1.82) is 5.26 Å². The van der Waals surface area contributed by atoms with Crippen LogP contribution >= 0.6 is 0 Å². The van der Waals surface area contributed by atoms with E-state index in [9.17, 15) is 9.00 Å². The first-order valence-corrected chi connectivity index (χ1v) is 6.35. The molecule has 0 amide bonds. The lowest BCUT2D eigenvalue weighted by atomic mass is 10.2. The van der Waals surface area contributed by atoms with Crippen LogP contribution in [-0.2, 0) is 21.3 Å². The molecule has 0 saturated heterocycles. The van der Waals surface area contributed by atoms with E-state index in [4.69, 9.17) is 10.4 Å². The van der Waals surface area contributed by atoms with E-state index in [1.165, 1.54) is 6.20 Å². The largest absolute Gasteiger partial charge is 0.481 e. The van der Waals surface area contributed by atoms with Gasteiger partial charge in [-0.25, -0.2) is 4.98 Å². The zero-order chi connectivity index (χ0) is 12.8. The van der Waals surface area contributed by atoms with Crippen LogP contribution in [0.1, 0.15) is 24.6 Å². The highest BCUT2D eigenvalue weighted by Gasteiger charge is 2.16. The van der Waals surface area contributed by atoms with Gasteiger partial charge in [-0.3, -0.25) is 9.00 Å². The quantitative estimate of drug-likeness (QED) is 0.846. The van der Waals surface area contributed by atoms with Crippen molar-refractivity contribution in [3.05, 3.63) is 29.6 Å². The van der Waals surface area contributed by atoms with Gasteiger partial charge in [0.1, 0.15) is 11.8 Å². The lowest BCUT2D eigenvalue weighted by Gasteiger charge is -2.09. The summed E-state index contributed by atoms with van der Waals surface area (Å²) >= 11 is 0. The molecule has 0 bridgehead atoms. The number of nitrogens with zero attached hydrogens (tertiary/aromatic N) is 2. The van der Waals surface area contributed by atoms with Gasteiger partial charge in [-0.15, -0.1) is 0 Å². The van der Waals surface area contributed by atoms with Crippen molar-refractivity contribution in [2.24, 2.45) is 0 Å². The van der Waals surface area contributed by atoms with Crippen LogP contribution in [0.3, 0.4) is 0 Å². The minimum atomic E-state index is -1.32. The van der Waals surface area contributed by atoms with Crippen molar-refractivity contribution in [2.45, 2.75) is 24.3 Å². The summed E-state index contributed by atoms with van der Waals surface area (Å²) in [7, 11) is -1.32. The van der Waals surface area contributed by atoms with Crippen LogP contribution in [-0.4, -0.2) is 25.5 Å². The van der Waals surface area contributed by atoms with E-state index in [1.54, 1.807) is 19.1 Å². The van der Waals surface area contributed by atoms with Crippen LogP contribution < -0.4 is 0 Å². The molecule has 2 unspecified atom stereocenters. The zero-order valence-electron chi connectivity index (χ0n) is 9.29. The molecular formula is C11H12N2O3S. The summed E-state index contributed by atoms with van der Waals surface area (Å²) in [6.07, 6.45) is 1.35. The second-order valence-corrected chi connectivity index (χ2v) is 5.41. The first-order valence-electron chi connectivity index (χ1n) is 4.97. The summed E-state index contributed by atoms with van der Waals surface area (Å²) in [5.41, 5.74) is 0.828. The molecule has 2 atom stereocenters. The van der Waals surface area contributed by atoms with E-state index in [2.05, 4.69) is 4.98 Å². The Morgan fingerprint density at radius 3 is 3.00 bits per heavy atom. The third kappa shape index (κ3) is 3.96. The van der Waals surface area contributed by atoms with Crippen molar-refractivity contribution in [2.75, 3.05) is 0 Å². The summed E-state index contributed by atoms with van der Waals surface area (Å²) in [4.78, 5) is 14.3. The average Bonchev–Trinajstić information content (AvgIpc) is 2.28. The maximum absolute atomic E-state index is 11.8. The molecule has 90 valence electrons. The maximum Gasteiger partial charge on any atom is 0.304 e. The molecule has 1 heterocycles. The smallest absolute Gasteiger partial charge is 0.304 e. The normalized spacial score (nSPS) is 13.6. The molecular weight excluding hydrogens is 240 g/mol. The van der Waals surface area contributed by atoms with Crippen LogP contribution in [0.2, 0.25) is 0 Å². The average molecular weight is 252 g/mol. The number of carboxylic acids is 1. The van der Waals surface area contributed by atoms with Crippen LogP contribution in [0.15, 0.2) is 18.3 Å². The SMILES string of the molecule is CC(CC(=O)O)S(=O)Cc1cccnc1C#N. The van der Waals surface area contributed by atoms with Crippen molar-refractivity contribution in [3.8, 4) is 6.07 Å². The number of pyridine rings is 1. The predicted octanol–water partition coefficient (Wildman–Crippen LogP) is 1.07. The Balaban J connectivity index is 2.75. The number of carbonyl (C=O) groups is 1. The summed E-state index contributed by atoms with van der Waals surface area (Å²) in [5.74, 6) is -0.817. The Hall–Kier alpha value is -1.74. The maximum atomic E-state index is 11.8. The number of aromatic nitrogens is 1. The third-order valence-corrected chi connectivity index (χ3v) is 3.87. The fraction of sp³-hybridized carbons (Fsp3) is 0.364. The lowest BCUT2D eigenvalue weighted by molar-refractivity contribution is -0.136. The van der Waals surface area contributed by atoms with E-state index in [0.29, 0.717) is 5.56 Å². The summed E-state index contributed by atoms with van der Waals surface area (Å²) in [6, 6.07) is 5.26. The van der Waals surface area contributed by atoms with Gasteiger partial charge in [0.05, 0.1) is 12.2 Å². The van der Waals surface area contributed by atoms with Gasteiger partial charge in [-0.1, -0.05) is 13.0 Å². The topological polar surface area (TPSA) is 91.0 Å². The van der Waals surface area contributed by atoms with Gasteiger partial charge in [-0.05, 0) is 6.07 Å². The van der Waals surface area contributed by atoms with Crippen molar-refractivity contribution in [3.63, 3.8) is 0 Å². The lowest BCUT2D eigenvalue weighted by Crippen LogP contribution is -2.17. The molecule has 0 radical (unpaired) electrons. The van der Waals surface area contributed by atoms with Crippen molar-refractivity contribution < 1.29 is 14.1 Å². The number of aliphatic carboxylic acids is 1. The molecule has 0 aromatic carbocycles. The van der Waals surface area contributed by atoms with Crippen molar-refractivity contribution >= 4 is 16.8 Å². The van der Waals surface area contributed by atoms with Gasteiger partial charge in [0.2, 0.25) is 0 Å². The van der Waals surface area contributed by atoms with E-state index in [-0.39, 0.29) is 17.9 Å². The Bertz CT molecular complexity index is 482. The molecule has 1 aromatic rings.